The van der Waals surface area contributed by atoms with Crippen molar-refractivity contribution >= 4 is 19.8 Å². The molecule has 0 radical (unpaired) electrons. The molecule has 3 N–H and O–H groups in total. The van der Waals surface area contributed by atoms with Gasteiger partial charge in [-0.1, -0.05) is 140 Å². The van der Waals surface area contributed by atoms with Crippen molar-refractivity contribution in [1.82, 2.24) is 0 Å². The van der Waals surface area contributed by atoms with Gasteiger partial charge in [0, 0.05) is 19.4 Å². The fourth-order valence-electron chi connectivity index (χ4n) is 4.92. The van der Waals surface area contributed by atoms with Gasteiger partial charge >= 0.3 is 19.8 Å². The molecule has 0 saturated carbocycles. The van der Waals surface area contributed by atoms with E-state index in [2.05, 4.69) is 62.5 Å². The lowest BCUT2D eigenvalue weighted by Gasteiger charge is -2.19. The van der Waals surface area contributed by atoms with Gasteiger partial charge in [-0.2, -0.15) is 0 Å². The first-order valence-electron chi connectivity index (χ1n) is 19.1. The fraction of sp³-hybridized carbons (Fsp3) is 0.744. The Morgan fingerprint density at radius 1 is 0.633 bits per heavy atom. The molecule has 0 rings (SSSR count). The minimum absolute atomic E-state index is 0.0457. The predicted molar refractivity (Wildman–Crippen MR) is 201 cm³/mol. The average Bonchev–Trinajstić information content (AvgIpc) is 3.08. The molecule has 0 aromatic rings. The second-order valence-corrected chi connectivity index (χ2v) is 13.9. The third-order valence-electron chi connectivity index (χ3n) is 7.73. The molecule has 0 bridgehead atoms. The van der Waals surface area contributed by atoms with Gasteiger partial charge in [-0.15, -0.1) is 0 Å². The summed E-state index contributed by atoms with van der Waals surface area (Å²) in [5.74, 6) is -0.879. The molecule has 0 aliphatic carbocycles. The van der Waals surface area contributed by atoms with E-state index in [9.17, 15) is 19.0 Å². The van der Waals surface area contributed by atoms with Gasteiger partial charge in [0.05, 0.1) is 13.2 Å². The summed E-state index contributed by atoms with van der Waals surface area (Å²) in [6, 6.07) is 0. The maximum absolute atomic E-state index is 12.5. The zero-order valence-electron chi connectivity index (χ0n) is 30.9. The van der Waals surface area contributed by atoms with Gasteiger partial charge in [-0.25, -0.2) is 4.57 Å². The van der Waals surface area contributed by atoms with Crippen LogP contribution >= 0.6 is 7.82 Å². The number of esters is 2. The van der Waals surface area contributed by atoms with Crippen LogP contribution < -0.4 is 5.73 Å². The van der Waals surface area contributed by atoms with Gasteiger partial charge in [-0.05, 0) is 51.4 Å². The zero-order chi connectivity index (χ0) is 36.1. The molecule has 0 aliphatic rings. The summed E-state index contributed by atoms with van der Waals surface area (Å²) in [5, 5.41) is 0. The normalized spacial score (nSPS) is 14.0. The molecule has 0 amide bonds. The van der Waals surface area contributed by atoms with E-state index >= 15 is 0 Å². The molecule has 0 fully saturated rings. The summed E-state index contributed by atoms with van der Waals surface area (Å²) in [4.78, 5) is 34.7. The smallest absolute Gasteiger partial charge is 0.462 e. The van der Waals surface area contributed by atoms with E-state index in [1.54, 1.807) is 0 Å². The molecule has 284 valence electrons. The largest absolute Gasteiger partial charge is 0.472 e. The molecule has 1 unspecified atom stereocenters. The highest BCUT2D eigenvalue weighted by molar-refractivity contribution is 7.47. The number of carbonyl (C=O) groups excluding carboxylic acids is 2. The predicted octanol–water partition coefficient (Wildman–Crippen LogP) is 10.4. The van der Waals surface area contributed by atoms with Crippen LogP contribution in [-0.4, -0.2) is 49.3 Å². The van der Waals surface area contributed by atoms with E-state index in [0.29, 0.717) is 6.42 Å². The first kappa shape index (κ1) is 47.0. The summed E-state index contributed by atoms with van der Waals surface area (Å²) in [6.07, 6.45) is 38.6. The molecule has 0 aliphatic heterocycles. The first-order valence-corrected chi connectivity index (χ1v) is 20.6. The van der Waals surface area contributed by atoms with Crippen LogP contribution in [0.4, 0.5) is 0 Å². The summed E-state index contributed by atoms with van der Waals surface area (Å²) in [5.41, 5.74) is 5.33. The van der Waals surface area contributed by atoms with Gasteiger partial charge < -0.3 is 20.1 Å². The van der Waals surface area contributed by atoms with Crippen molar-refractivity contribution in [2.45, 2.75) is 161 Å². The Morgan fingerprint density at radius 3 is 1.67 bits per heavy atom. The highest BCUT2D eigenvalue weighted by Crippen LogP contribution is 2.43. The second kappa shape index (κ2) is 35.8. The summed E-state index contributed by atoms with van der Waals surface area (Å²) >= 11 is 0. The first-order chi connectivity index (χ1) is 23.8. The molecular weight excluding hydrogens is 641 g/mol. The van der Waals surface area contributed by atoms with Crippen LogP contribution in [0.1, 0.15) is 155 Å². The third kappa shape index (κ3) is 35.6. The number of phosphoric ester groups is 1. The molecule has 2 atom stereocenters. The SMILES string of the molecule is CC/C=C\C/C=C\C/C=C\C/C=C\CCCCC(=O)O[C@H](COC(=O)CCCCCCCCCCCCCCC)COP(=O)(O)OCCN. The minimum Gasteiger partial charge on any atom is -0.462 e. The van der Waals surface area contributed by atoms with Crippen molar-refractivity contribution in [3.63, 3.8) is 0 Å². The molecule has 9 nitrogen and oxygen atoms in total. The number of phosphoric acid groups is 1. The maximum Gasteiger partial charge on any atom is 0.472 e. The molecule has 49 heavy (non-hydrogen) atoms. The highest BCUT2D eigenvalue weighted by atomic mass is 31.2. The number of ether oxygens (including phenoxy) is 2. The van der Waals surface area contributed by atoms with Crippen LogP contribution in [-0.2, 0) is 32.7 Å². The number of carbonyl (C=O) groups is 2. The lowest BCUT2D eigenvalue weighted by atomic mass is 10.0. The lowest BCUT2D eigenvalue weighted by molar-refractivity contribution is -0.161. The van der Waals surface area contributed by atoms with E-state index in [4.69, 9.17) is 24.3 Å². The number of hydrogen-bond donors (Lipinski definition) is 2. The topological polar surface area (TPSA) is 134 Å². The Balaban J connectivity index is 4.30. The number of hydrogen-bond acceptors (Lipinski definition) is 8. The Morgan fingerprint density at radius 2 is 1.12 bits per heavy atom. The maximum atomic E-state index is 12.5. The molecule has 0 heterocycles. The van der Waals surface area contributed by atoms with Gasteiger partial charge in [0.15, 0.2) is 6.10 Å². The number of rotatable bonds is 35. The summed E-state index contributed by atoms with van der Waals surface area (Å²) in [6.45, 7) is 3.55. The zero-order valence-corrected chi connectivity index (χ0v) is 31.8. The van der Waals surface area contributed by atoms with Gasteiger partial charge in [0.25, 0.3) is 0 Å². The monoisotopic (exact) mass is 711 g/mol. The van der Waals surface area contributed by atoms with E-state index in [0.717, 1.165) is 57.8 Å². The van der Waals surface area contributed by atoms with Crippen molar-refractivity contribution in [2.24, 2.45) is 5.73 Å². The summed E-state index contributed by atoms with van der Waals surface area (Å²) in [7, 11) is -4.38. The number of allylic oxidation sites excluding steroid dienone is 8. The molecule has 0 aromatic heterocycles. The average molecular weight is 712 g/mol. The van der Waals surface area contributed by atoms with E-state index < -0.39 is 32.5 Å². The van der Waals surface area contributed by atoms with Crippen LogP contribution in [0.2, 0.25) is 0 Å². The van der Waals surface area contributed by atoms with Crippen molar-refractivity contribution < 1.29 is 37.6 Å². The quantitative estimate of drug-likeness (QED) is 0.0285. The minimum atomic E-state index is -4.38. The van der Waals surface area contributed by atoms with E-state index in [1.165, 1.54) is 64.2 Å². The van der Waals surface area contributed by atoms with Crippen molar-refractivity contribution in [3.05, 3.63) is 48.6 Å². The molecule has 0 spiro atoms. The van der Waals surface area contributed by atoms with E-state index in [1.807, 2.05) is 0 Å². The molecule has 10 heteroatoms. The lowest BCUT2D eigenvalue weighted by Crippen LogP contribution is -2.29. The number of unbranched alkanes of at least 4 members (excludes halogenated alkanes) is 14. The fourth-order valence-corrected chi connectivity index (χ4v) is 5.68. The van der Waals surface area contributed by atoms with Gasteiger partial charge in [0.2, 0.25) is 0 Å². The van der Waals surface area contributed by atoms with Crippen molar-refractivity contribution in [2.75, 3.05) is 26.4 Å². The Labute approximate surface area is 298 Å². The highest BCUT2D eigenvalue weighted by Gasteiger charge is 2.25. The second-order valence-electron chi connectivity index (χ2n) is 12.4. The van der Waals surface area contributed by atoms with Crippen molar-refractivity contribution in [1.29, 1.82) is 0 Å². The van der Waals surface area contributed by atoms with Crippen LogP contribution in [0.15, 0.2) is 48.6 Å². The standard InChI is InChI=1S/C39H70NO8P/c1-3-5-7-9-11-13-15-17-18-20-22-24-26-28-30-32-39(42)48-37(36-47-49(43,44)46-34-33-40)35-45-38(41)31-29-27-25-23-21-19-16-14-12-10-8-6-4-2/h5,7,11,13,17-18,22,24,37H,3-4,6,8-10,12,14-16,19-21,23,25-36,40H2,1-2H3,(H,43,44)/b7-5-,13-11-,18-17-,24-22-/t37-/m1/s1. The molecular formula is C39H70NO8P. The Kier molecular flexibility index (Phi) is 34.3. The molecule has 0 saturated heterocycles. The number of nitrogens with two attached hydrogens (primary N) is 1. The van der Waals surface area contributed by atoms with Gasteiger partial charge in [0.1, 0.15) is 6.61 Å². The summed E-state index contributed by atoms with van der Waals surface area (Å²) < 4.78 is 32.6. The van der Waals surface area contributed by atoms with Crippen LogP contribution in [0.5, 0.6) is 0 Å². The molecule has 0 aromatic carbocycles. The van der Waals surface area contributed by atoms with Gasteiger partial charge in [-0.3, -0.25) is 18.6 Å². The third-order valence-corrected chi connectivity index (χ3v) is 8.71. The van der Waals surface area contributed by atoms with E-state index in [-0.39, 0.29) is 32.6 Å². The Bertz CT molecular complexity index is 949. The van der Waals surface area contributed by atoms with Crippen molar-refractivity contribution in [3.8, 4) is 0 Å². The Hall–Kier alpha value is -2.03. The van der Waals surface area contributed by atoms with Crippen LogP contribution in [0.3, 0.4) is 0 Å². The van der Waals surface area contributed by atoms with Crippen LogP contribution in [0, 0.1) is 0 Å². The van der Waals surface area contributed by atoms with Crippen LogP contribution in [0.25, 0.3) is 0 Å².